The summed E-state index contributed by atoms with van der Waals surface area (Å²) >= 11 is 1.59. The summed E-state index contributed by atoms with van der Waals surface area (Å²) in [5.74, 6) is 1.61. The summed E-state index contributed by atoms with van der Waals surface area (Å²) < 4.78 is 7.64. The number of amides is 1. The van der Waals surface area contributed by atoms with Gasteiger partial charge in [-0.2, -0.15) is 5.10 Å². The molecule has 2 aliphatic heterocycles. The maximum absolute atomic E-state index is 12.5. The summed E-state index contributed by atoms with van der Waals surface area (Å²) in [6.07, 6.45) is 2.54. The lowest BCUT2D eigenvalue weighted by atomic mass is 9.95. The van der Waals surface area contributed by atoms with Gasteiger partial charge in [-0.25, -0.2) is 4.98 Å². The molecule has 0 aliphatic carbocycles. The van der Waals surface area contributed by atoms with Crippen molar-refractivity contribution >= 4 is 39.6 Å². The fourth-order valence-corrected chi connectivity index (χ4v) is 5.03. The average Bonchev–Trinajstić information content (AvgIpc) is 3.27. The lowest BCUT2D eigenvalue weighted by molar-refractivity contribution is 0.0893. The molecule has 2 N–H and O–H groups in total. The highest BCUT2D eigenvalue weighted by atomic mass is 32.1. The molecule has 0 atom stereocenters. The molecule has 0 bridgehead atoms. The molecule has 3 aromatic rings. The monoisotopic (exact) mass is 410 g/mol. The van der Waals surface area contributed by atoms with Gasteiger partial charge in [-0.3, -0.25) is 9.48 Å². The summed E-state index contributed by atoms with van der Waals surface area (Å²) in [5.41, 5.74) is 2.16. The number of hydrogen-bond acceptors (Lipinski definition) is 7. The Hall–Kier alpha value is -3.07. The van der Waals surface area contributed by atoms with Crippen molar-refractivity contribution in [1.29, 1.82) is 0 Å². The standard InChI is InChI=1S/C20H22N6O2S/c1-20(2)11-15-17(18(27)24-20)23-19(29-15)26-8-9-28-14-5-4-12(10-13(14)26)22-16-6-7-21-25(16)3/h4-7,10,22H,8-9,11H2,1-3H3,(H,24,27). The van der Waals surface area contributed by atoms with E-state index in [1.54, 1.807) is 22.2 Å². The largest absolute Gasteiger partial charge is 0.490 e. The highest BCUT2D eigenvalue weighted by molar-refractivity contribution is 7.16. The van der Waals surface area contributed by atoms with Crippen LogP contribution in [-0.4, -0.2) is 39.4 Å². The van der Waals surface area contributed by atoms with Crippen LogP contribution in [0.5, 0.6) is 5.75 Å². The average molecular weight is 411 g/mol. The van der Waals surface area contributed by atoms with E-state index in [9.17, 15) is 4.79 Å². The van der Waals surface area contributed by atoms with Crippen LogP contribution in [0.3, 0.4) is 0 Å². The second kappa shape index (κ2) is 6.48. The number of aryl methyl sites for hydroxylation is 1. The van der Waals surface area contributed by atoms with Gasteiger partial charge in [0.25, 0.3) is 5.91 Å². The Labute approximate surface area is 172 Å². The molecule has 8 nitrogen and oxygen atoms in total. The van der Waals surface area contributed by atoms with Crippen LogP contribution in [0.2, 0.25) is 0 Å². The van der Waals surface area contributed by atoms with E-state index in [0.717, 1.165) is 39.4 Å². The van der Waals surface area contributed by atoms with Gasteiger partial charge in [-0.15, -0.1) is 11.3 Å². The summed E-state index contributed by atoms with van der Waals surface area (Å²) in [4.78, 5) is 20.3. The Morgan fingerprint density at radius 1 is 1.31 bits per heavy atom. The zero-order chi connectivity index (χ0) is 20.2. The van der Waals surface area contributed by atoms with E-state index in [2.05, 4.69) is 25.6 Å². The number of thiazole rings is 1. The maximum Gasteiger partial charge on any atom is 0.271 e. The van der Waals surface area contributed by atoms with E-state index < -0.39 is 0 Å². The van der Waals surface area contributed by atoms with Gasteiger partial charge in [0, 0.05) is 35.6 Å². The highest BCUT2D eigenvalue weighted by Crippen LogP contribution is 2.42. The lowest BCUT2D eigenvalue weighted by Gasteiger charge is -2.29. The second-order valence-corrected chi connectivity index (χ2v) is 8.99. The van der Waals surface area contributed by atoms with Crippen molar-refractivity contribution < 1.29 is 9.53 Å². The molecule has 150 valence electrons. The topological polar surface area (TPSA) is 84.3 Å². The van der Waals surface area contributed by atoms with Crippen molar-refractivity contribution in [1.82, 2.24) is 20.1 Å². The van der Waals surface area contributed by atoms with Crippen LogP contribution in [0.25, 0.3) is 0 Å². The molecular formula is C20H22N6O2S. The predicted octanol–water partition coefficient (Wildman–Crippen LogP) is 3.22. The molecule has 0 unspecified atom stereocenters. The lowest BCUT2D eigenvalue weighted by Crippen LogP contribution is -2.48. The number of aromatic nitrogens is 3. The number of nitrogens with zero attached hydrogens (tertiary/aromatic N) is 4. The Kier molecular flexibility index (Phi) is 4.02. The van der Waals surface area contributed by atoms with Gasteiger partial charge >= 0.3 is 0 Å². The van der Waals surface area contributed by atoms with Crippen molar-refractivity contribution in [3.05, 3.63) is 41.0 Å². The third kappa shape index (κ3) is 3.21. The third-order valence-corrected chi connectivity index (χ3v) is 6.18. The van der Waals surface area contributed by atoms with Gasteiger partial charge in [-0.05, 0) is 32.0 Å². The summed E-state index contributed by atoms with van der Waals surface area (Å²) in [5, 5.41) is 11.4. The van der Waals surface area contributed by atoms with Crippen molar-refractivity contribution in [3.8, 4) is 5.75 Å². The van der Waals surface area contributed by atoms with Gasteiger partial charge < -0.3 is 20.3 Å². The number of nitrogens with one attached hydrogen (secondary N) is 2. The molecule has 0 radical (unpaired) electrons. The highest BCUT2D eigenvalue weighted by Gasteiger charge is 2.34. The Morgan fingerprint density at radius 2 is 2.17 bits per heavy atom. The van der Waals surface area contributed by atoms with Gasteiger partial charge in [0.05, 0.1) is 18.4 Å². The normalized spacial score (nSPS) is 17.2. The molecule has 9 heteroatoms. The first-order valence-corrected chi connectivity index (χ1v) is 10.3. The fraction of sp³-hybridized carbons (Fsp3) is 0.350. The molecule has 1 aromatic carbocycles. The summed E-state index contributed by atoms with van der Waals surface area (Å²) in [7, 11) is 1.89. The SMILES string of the molecule is Cn1nccc1Nc1ccc2c(c1)N(c1nc3c(s1)CC(C)(C)NC3=O)CCO2. The molecule has 5 rings (SSSR count). The van der Waals surface area contributed by atoms with Crippen molar-refractivity contribution in [2.75, 3.05) is 23.4 Å². The number of ether oxygens (including phenoxy) is 1. The molecule has 2 aromatic heterocycles. The summed E-state index contributed by atoms with van der Waals surface area (Å²) in [6.45, 7) is 5.32. The molecule has 2 aliphatic rings. The first-order valence-electron chi connectivity index (χ1n) is 9.51. The quantitative estimate of drug-likeness (QED) is 0.690. The van der Waals surface area contributed by atoms with Crippen LogP contribution in [0.1, 0.15) is 29.2 Å². The minimum atomic E-state index is -0.253. The van der Waals surface area contributed by atoms with Gasteiger partial charge in [-0.1, -0.05) is 0 Å². The van der Waals surface area contributed by atoms with Crippen LogP contribution in [0.4, 0.5) is 22.3 Å². The first kappa shape index (κ1) is 18.0. The number of hydrogen-bond donors (Lipinski definition) is 2. The zero-order valence-electron chi connectivity index (χ0n) is 16.5. The van der Waals surface area contributed by atoms with Gasteiger partial charge in [0.1, 0.15) is 23.9 Å². The molecule has 4 heterocycles. The van der Waals surface area contributed by atoms with E-state index in [0.29, 0.717) is 18.8 Å². The maximum atomic E-state index is 12.5. The Morgan fingerprint density at radius 3 is 2.97 bits per heavy atom. The Bertz CT molecular complexity index is 1100. The van der Waals surface area contributed by atoms with E-state index in [1.165, 1.54) is 0 Å². The van der Waals surface area contributed by atoms with Gasteiger partial charge in [0.15, 0.2) is 5.13 Å². The molecule has 0 saturated carbocycles. The number of anilines is 4. The van der Waals surface area contributed by atoms with Crippen molar-refractivity contribution in [2.24, 2.45) is 7.05 Å². The molecule has 0 saturated heterocycles. The van der Waals surface area contributed by atoms with E-state index in [-0.39, 0.29) is 11.4 Å². The zero-order valence-corrected chi connectivity index (χ0v) is 17.3. The van der Waals surface area contributed by atoms with Crippen LogP contribution < -0.4 is 20.3 Å². The van der Waals surface area contributed by atoms with E-state index >= 15 is 0 Å². The van der Waals surface area contributed by atoms with E-state index in [1.807, 2.05) is 45.2 Å². The fourth-order valence-electron chi connectivity index (χ4n) is 3.70. The molecule has 1 amide bonds. The molecule has 0 spiro atoms. The Balaban J connectivity index is 1.50. The van der Waals surface area contributed by atoms with Crippen molar-refractivity contribution in [3.63, 3.8) is 0 Å². The van der Waals surface area contributed by atoms with Crippen LogP contribution in [0, 0.1) is 0 Å². The predicted molar refractivity (Wildman–Crippen MR) is 113 cm³/mol. The van der Waals surface area contributed by atoms with E-state index in [4.69, 9.17) is 4.74 Å². The minimum absolute atomic E-state index is 0.0983. The van der Waals surface area contributed by atoms with Crippen LogP contribution >= 0.6 is 11.3 Å². The van der Waals surface area contributed by atoms with Gasteiger partial charge in [0.2, 0.25) is 0 Å². The van der Waals surface area contributed by atoms with Crippen LogP contribution in [0.15, 0.2) is 30.5 Å². The number of fused-ring (bicyclic) bond motifs is 2. The number of carbonyl (C=O) groups excluding carboxylic acids is 1. The number of rotatable bonds is 3. The third-order valence-electron chi connectivity index (χ3n) is 5.10. The molecule has 0 fully saturated rings. The molecular weight excluding hydrogens is 388 g/mol. The molecule has 29 heavy (non-hydrogen) atoms. The second-order valence-electron chi connectivity index (χ2n) is 7.93. The van der Waals surface area contributed by atoms with Crippen LogP contribution in [-0.2, 0) is 13.5 Å². The number of carbonyl (C=O) groups is 1. The first-order chi connectivity index (χ1) is 13.9. The minimum Gasteiger partial charge on any atom is -0.490 e. The smallest absolute Gasteiger partial charge is 0.271 e. The van der Waals surface area contributed by atoms with Crippen molar-refractivity contribution in [2.45, 2.75) is 25.8 Å². The number of benzene rings is 1. The summed E-state index contributed by atoms with van der Waals surface area (Å²) in [6, 6.07) is 7.91.